The van der Waals surface area contributed by atoms with Crippen LogP contribution in [0, 0.1) is 5.92 Å². The first-order chi connectivity index (χ1) is 9.72. The molecule has 0 spiro atoms. The Morgan fingerprint density at radius 3 is 3.05 bits per heavy atom. The van der Waals surface area contributed by atoms with Crippen molar-refractivity contribution in [2.75, 3.05) is 5.32 Å². The topological polar surface area (TPSA) is 110 Å². The summed E-state index contributed by atoms with van der Waals surface area (Å²) in [7, 11) is 0. The van der Waals surface area contributed by atoms with Gasteiger partial charge in [-0.05, 0) is 36.1 Å². The average molecular weight is 272 g/mol. The van der Waals surface area contributed by atoms with Gasteiger partial charge in [0.05, 0.1) is 0 Å². The lowest BCUT2D eigenvalue weighted by Gasteiger charge is -2.10. The van der Waals surface area contributed by atoms with Crippen molar-refractivity contribution in [2.45, 2.75) is 25.3 Å². The summed E-state index contributed by atoms with van der Waals surface area (Å²) in [6.45, 7) is 0. The van der Waals surface area contributed by atoms with Crippen LogP contribution >= 0.6 is 0 Å². The predicted molar refractivity (Wildman–Crippen MR) is 73.6 cm³/mol. The minimum atomic E-state index is -0.0605. The Morgan fingerprint density at radius 2 is 2.35 bits per heavy atom. The number of nitrogens with zero attached hydrogens (tertiary/aromatic N) is 3. The van der Waals surface area contributed by atoms with Gasteiger partial charge >= 0.3 is 0 Å². The first kappa shape index (κ1) is 12.7. The van der Waals surface area contributed by atoms with Gasteiger partial charge < -0.3 is 11.1 Å². The number of aromatic nitrogens is 4. The molecule has 1 atom stereocenters. The van der Waals surface area contributed by atoms with Gasteiger partial charge in [0.25, 0.3) is 0 Å². The Hall–Kier alpha value is -2.28. The van der Waals surface area contributed by atoms with Gasteiger partial charge in [-0.1, -0.05) is 12.1 Å². The van der Waals surface area contributed by atoms with Crippen LogP contribution in [0.3, 0.4) is 0 Å². The lowest BCUT2D eigenvalue weighted by molar-refractivity contribution is -0.116. The van der Waals surface area contributed by atoms with Crippen molar-refractivity contribution in [1.29, 1.82) is 0 Å². The second-order valence-electron chi connectivity index (χ2n) is 5.07. The van der Waals surface area contributed by atoms with E-state index in [1.165, 1.54) is 0 Å². The Kier molecular flexibility index (Phi) is 3.42. The largest absolute Gasteiger partial charge is 0.327 e. The van der Waals surface area contributed by atoms with E-state index in [-0.39, 0.29) is 11.9 Å². The van der Waals surface area contributed by atoms with Gasteiger partial charge in [0, 0.05) is 23.7 Å². The number of nitrogens with one attached hydrogen (secondary N) is 2. The van der Waals surface area contributed by atoms with Gasteiger partial charge in [-0.25, -0.2) is 0 Å². The summed E-state index contributed by atoms with van der Waals surface area (Å²) >= 11 is 0. The zero-order chi connectivity index (χ0) is 13.9. The normalized spacial score (nSPS) is 15.8. The molecule has 2 aromatic rings. The number of carbonyl (C=O) groups is 1. The lowest BCUT2D eigenvalue weighted by atomic mass is 10.1. The van der Waals surface area contributed by atoms with Gasteiger partial charge in [-0.2, -0.15) is 5.21 Å². The van der Waals surface area contributed by atoms with E-state index in [4.69, 9.17) is 5.73 Å². The van der Waals surface area contributed by atoms with E-state index in [0.717, 1.165) is 18.4 Å². The molecule has 1 heterocycles. The number of rotatable bonds is 5. The molecule has 0 radical (unpaired) electrons. The van der Waals surface area contributed by atoms with E-state index in [2.05, 4.69) is 25.9 Å². The third kappa shape index (κ3) is 3.00. The van der Waals surface area contributed by atoms with Crippen molar-refractivity contribution in [1.82, 2.24) is 20.6 Å². The van der Waals surface area contributed by atoms with Crippen molar-refractivity contribution in [3.05, 3.63) is 24.3 Å². The number of hydrogen-bond donors (Lipinski definition) is 3. The summed E-state index contributed by atoms with van der Waals surface area (Å²) in [6, 6.07) is 7.30. The first-order valence-corrected chi connectivity index (χ1v) is 6.61. The molecule has 1 unspecified atom stereocenters. The van der Waals surface area contributed by atoms with Gasteiger partial charge in [0.1, 0.15) is 0 Å². The van der Waals surface area contributed by atoms with Crippen LogP contribution in [0.15, 0.2) is 24.3 Å². The fraction of sp³-hybridized carbons (Fsp3) is 0.385. The third-order valence-electron chi connectivity index (χ3n) is 3.40. The molecule has 1 aliphatic carbocycles. The van der Waals surface area contributed by atoms with Gasteiger partial charge in [-0.15, -0.1) is 10.2 Å². The number of anilines is 1. The zero-order valence-electron chi connectivity index (χ0n) is 10.9. The molecule has 1 amide bonds. The van der Waals surface area contributed by atoms with Crippen LogP contribution in [0.1, 0.15) is 19.3 Å². The van der Waals surface area contributed by atoms with E-state index in [1.807, 2.05) is 24.3 Å². The number of amides is 1. The Labute approximate surface area is 115 Å². The van der Waals surface area contributed by atoms with Crippen LogP contribution in [0.5, 0.6) is 0 Å². The molecule has 7 heteroatoms. The van der Waals surface area contributed by atoms with E-state index in [0.29, 0.717) is 23.9 Å². The maximum Gasteiger partial charge on any atom is 0.225 e. The molecule has 7 nitrogen and oxygen atoms in total. The third-order valence-corrected chi connectivity index (χ3v) is 3.40. The fourth-order valence-electron chi connectivity index (χ4n) is 2.14. The van der Waals surface area contributed by atoms with E-state index in [1.54, 1.807) is 0 Å². The van der Waals surface area contributed by atoms with Crippen molar-refractivity contribution < 1.29 is 4.79 Å². The number of nitrogens with two attached hydrogens (primary N) is 1. The van der Waals surface area contributed by atoms with Gasteiger partial charge in [0.2, 0.25) is 11.7 Å². The van der Waals surface area contributed by atoms with Crippen LogP contribution in [0.4, 0.5) is 5.69 Å². The number of benzene rings is 1. The van der Waals surface area contributed by atoms with Crippen LogP contribution < -0.4 is 11.1 Å². The van der Waals surface area contributed by atoms with Crippen LogP contribution in [-0.4, -0.2) is 32.6 Å². The molecule has 1 aromatic heterocycles. The van der Waals surface area contributed by atoms with E-state index >= 15 is 0 Å². The van der Waals surface area contributed by atoms with Crippen molar-refractivity contribution >= 4 is 11.6 Å². The van der Waals surface area contributed by atoms with Crippen LogP contribution in [0.2, 0.25) is 0 Å². The van der Waals surface area contributed by atoms with Crippen molar-refractivity contribution in [3.63, 3.8) is 0 Å². The summed E-state index contributed by atoms with van der Waals surface area (Å²) in [4.78, 5) is 11.9. The predicted octanol–water partition coefficient (Wildman–Crippen LogP) is 0.933. The monoisotopic (exact) mass is 272 g/mol. The quantitative estimate of drug-likeness (QED) is 0.750. The van der Waals surface area contributed by atoms with Crippen LogP contribution in [0.25, 0.3) is 11.4 Å². The average Bonchev–Trinajstić information content (AvgIpc) is 3.14. The highest BCUT2D eigenvalue weighted by atomic mass is 16.1. The highest BCUT2D eigenvalue weighted by Crippen LogP contribution is 2.32. The SMILES string of the molecule is NC(CC(=O)Nc1cccc(-c2nn[nH]n2)c1)C1CC1. The maximum atomic E-state index is 11.9. The molecular formula is C13H16N6O. The summed E-state index contributed by atoms with van der Waals surface area (Å²) in [5, 5.41) is 16.6. The molecule has 1 fully saturated rings. The second kappa shape index (κ2) is 5.38. The first-order valence-electron chi connectivity index (χ1n) is 6.61. The standard InChI is InChI=1S/C13H16N6O/c14-11(8-4-5-8)7-12(20)15-10-3-1-2-9(6-10)13-16-18-19-17-13/h1-3,6,8,11H,4-5,7,14H2,(H,15,20)(H,16,17,18,19). The minimum Gasteiger partial charge on any atom is -0.327 e. The van der Waals surface area contributed by atoms with E-state index in [9.17, 15) is 4.79 Å². The maximum absolute atomic E-state index is 11.9. The molecule has 4 N–H and O–H groups in total. The molecule has 0 bridgehead atoms. The van der Waals surface area contributed by atoms with Crippen molar-refractivity contribution in [3.8, 4) is 11.4 Å². The molecule has 3 rings (SSSR count). The van der Waals surface area contributed by atoms with Crippen LogP contribution in [-0.2, 0) is 4.79 Å². The number of tetrazole rings is 1. The summed E-state index contributed by atoms with van der Waals surface area (Å²) in [6.07, 6.45) is 2.64. The van der Waals surface area contributed by atoms with E-state index < -0.39 is 0 Å². The highest BCUT2D eigenvalue weighted by Gasteiger charge is 2.29. The summed E-state index contributed by atoms with van der Waals surface area (Å²) < 4.78 is 0. The Balaban J connectivity index is 1.65. The highest BCUT2D eigenvalue weighted by molar-refractivity contribution is 5.91. The number of carbonyl (C=O) groups excluding carboxylic acids is 1. The molecular weight excluding hydrogens is 256 g/mol. The molecule has 0 saturated heterocycles. The molecule has 1 aliphatic rings. The summed E-state index contributed by atoms with van der Waals surface area (Å²) in [5.74, 6) is 0.955. The van der Waals surface area contributed by atoms with Crippen molar-refractivity contribution in [2.24, 2.45) is 11.7 Å². The number of aromatic amines is 1. The molecule has 0 aliphatic heterocycles. The number of H-pyrrole nitrogens is 1. The smallest absolute Gasteiger partial charge is 0.225 e. The Bertz CT molecular complexity index is 593. The Morgan fingerprint density at radius 1 is 1.50 bits per heavy atom. The summed E-state index contributed by atoms with van der Waals surface area (Å²) in [5.41, 5.74) is 7.45. The molecule has 104 valence electrons. The second-order valence-corrected chi connectivity index (χ2v) is 5.07. The molecule has 20 heavy (non-hydrogen) atoms. The van der Waals surface area contributed by atoms with Gasteiger partial charge in [-0.3, -0.25) is 4.79 Å². The molecule has 1 saturated carbocycles. The minimum absolute atomic E-state index is 0.0320. The number of hydrogen-bond acceptors (Lipinski definition) is 5. The fourth-order valence-corrected chi connectivity index (χ4v) is 2.14. The lowest BCUT2D eigenvalue weighted by Crippen LogP contribution is -2.28. The zero-order valence-corrected chi connectivity index (χ0v) is 10.9. The molecule has 1 aromatic carbocycles. The van der Waals surface area contributed by atoms with Gasteiger partial charge in [0.15, 0.2) is 0 Å².